The van der Waals surface area contributed by atoms with Crippen molar-refractivity contribution in [2.45, 2.75) is 37.9 Å². The first-order valence-electron chi connectivity index (χ1n) is 17.3. The molecule has 4 unspecified atom stereocenters. The molecule has 4 atom stereocenters. The number of carbonyl (C=O) groups excluding carboxylic acids is 2. The number of hydrogen-bond donors (Lipinski definition) is 2. The van der Waals surface area contributed by atoms with Crippen LogP contribution < -0.4 is 10.2 Å². The minimum atomic E-state index is -0.759. The molecule has 1 aromatic heterocycles. The van der Waals surface area contributed by atoms with Crippen molar-refractivity contribution in [1.82, 2.24) is 14.9 Å². The van der Waals surface area contributed by atoms with E-state index in [1.54, 1.807) is 48.8 Å². The summed E-state index contributed by atoms with van der Waals surface area (Å²) in [5.41, 5.74) is 5.14. The van der Waals surface area contributed by atoms with Crippen molar-refractivity contribution in [1.29, 1.82) is 0 Å². The quantitative estimate of drug-likeness (QED) is 0.166. The van der Waals surface area contributed by atoms with Gasteiger partial charge in [-0.3, -0.25) is 14.5 Å². The number of amides is 1. The Labute approximate surface area is 297 Å². The topological polar surface area (TPSA) is 117 Å². The summed E-state index contributed by atoms with van der Waals surface area (Å²) >= 11 is 0. The molecule has 0 saturated carbocycles. The van der Waals surface area contributed by atoms with Gasteiger partial charge in [-0.05, 0) is 53.9 Å². The van der Waals surface area contributed by atoms with Gasteiger partial charge >= 0.3 is 0 Å². The third-order valence-electron chi connectivity index (χ3n) is 9.56. The first-order valence-corrected chi connectivity index (χ1v) is 17.3. The molecule has 0 spiro atoms. The standard InChI is InChI=1S/C41H41N5O5/c1-28(48)32-10-6-13-35(25-32)44-39(49)33-11-5-12-34(24-33)40-50-36(26-45-20-22-46(23-21-45)41-42-18-7-19-43-41)37(30-8-3-2-4-9-30)38(51-40)31-16-14-29(27-47)15-17-31/h2-19,24-25,36-38,40,47H,20-23,26-27H2,1H3,(H,44,49). The number of Topliss-reactive ketones (excluding diaryl/α,β-unsaturated/α-hetero) is 1. The smallest absolute Gasteiger partial charge is 0.255 e. The predicted octanol–water partition coefficient (Wildman–Crippen LogP) is 6.19. The average molecular weight is 684 g/mol. The molecule has 2 saturated heterocycles. The highest BCUT2D eigenvalue weighted by Crippen LogP contribution is 2.47. The van der Waals surface area contributed by atoms with Gasteiger partial charge in [0.2, 0.25) is 5.95 Å². The number of anilines is 2. The molecular formula is C41H41N5O5. The maximum absolute atomic E-state index is 13.5. The normalized spacial score (nSPS) is 20.9. The predicted molar refractivity (Wildman–Crippen MR) is 195 cm³/mol. The number of ether oxygens (including phenoxy) is 2. The second-order valence-corrected chi connectivity index (χ2v) is 13.0. The molecule has 0 radical (unpaired) electrons. The summed E-state index contributed by atoms with van der Waals surface area (Å²) in [7, 11) is 0. The van der Waals surface area contributed by atoms with Crippen LogP contribution in [0.4, 0.5) is 11.6 Å². The summed E-state index contributed by atoms with van der Waals surface area (Å²) in [4.78, 5) is 38.9. The monoisotopic (exact) mass is 683 g/mol. The van der Waals surface area contributed by atoms with Gasteiger partial charge in [0.25, 0.3) is 5.91 Å². The van der Waals surface area contributed by atoms with E-state index in [2.05, 4.69) is 37.2 Å². The van der Waals surface area contributed by atoms with Crippen molar-refractivity contribution in [2.75, 3.05) is 42.9 Å². The fourth-order valence-corrected chi connectivity index (χ4v) is 6.85. The number of rotatable bonds is 10. The Morgan fingerprint density at radius 1 is 0.765 bits per heavy atom. The molecule has 1 amide bonds. The van der Waals surface area contributed by atoms with Crippen molar-refractivity contribution < 1.29 is 24.2 Å². The lowest BCUT2D eigenvalue weighted by Crippen LogP contribution is -2.51. The molecule has 0 bridgehead atoms. The van der Waals surface area contributed by atoms with Crippen molar-refractivity contribution in [3.63, 3.8) is 0 Å². The zero-order chi connectivity index (χ0) is 35.2. The van der Waals surface area contributed by atoms with E-state index in [4.69, 9.17) is 9.47 Å². The number of nitrogens with one attached hydrogen (secondary N) is 1. The Kier molecular flexibility index (Phi) is 10.6. The fourth-order valence-electron chi connectivity index (χ4n) is 6.85. The van der Waals surface area contributed by atoms with Gasteiger partial charge in [0, 0.05) is 73.4 Å². The first-order chi connectivity index (χ1) is 24.9. The van der Waals surface area contributed by atoms with Crippen molar-refractivity contribution in [3.8, 4) is 0 Å². The number of aliphatic hydroxyl groups excluding tert-OH is 1. The number of nitrogens with zero attached hydrogens (tertiary/aromatic N) is 4. The van der Waals surface area contributed by atoms with Crippen LogP contribution in [0.2, 0.25) is 0 Å². The van der Waals surface area contributed by atoms with Crippen LogP contribution in [0.25, 0.3) is 0 Å². The minimum Gasteiger partial charge on any atom is -0.392 e. The summed E-state index contributed by atoms with van der Waals surface area (Å²) in [6.07, 6.45) is 2.14. The molecule has 5 aromatic rings. The number of aliphatic hydroxyl groups is 1. The molecule has 0 aliphatic carbocycles. The average Bonchev–Trinajstić information content (AvgIpc) is 3.19. The minimum absolute atomic E-state index is 0.0455. The van der Waals surface area contributed by atoms with Crippen LogP contribution >= 0.6 is 0 Å². The van der Waals surface area contributed by atoms with Gasteiger partial charge in [0.1, 0.15) is 0 Å². The molecule has 2 aliphatic rings. The zero-order valence-corrected chi connectivity index (χ0v) is 28.5. The highest BCUT2D eigenvalue weighted by atomic mass is 16.7. The van der Waals surface area contributed by atoms with Crippen LogP contribution in [0.3, 0.4) is 0 Å². The van der Waals surface area contributed by atoms with E-state index >= 15 is 0 Å². The summed E-state index contributed by atoms with van der Waals surface area (Å²) in [6, 6.07) is 34.3. The van der Waals surface area contributed by atoms with Gasteiger partial charge < -0.3 is 24.8 Å². The summed E-state index contributed by atoms with van der Waals surface area (Å²) in [5.74, 6) is 0.223. The van der Waals surface area contributed by atoms with E-state index < -0.39 is 6.29 Å². The molecule has 7 rings (SSSR count). The van der Waals surface area contributed by atoms with E-state index in [-0.39, 0.29) is 36.4 Å². The van der Waals surface area contributed by atoms with E-state index in [0.29, 0.717) is 23.4 Å². The summed E-state index contributed by atoms with van der Waals surface area (Å²) < 4.78 is 13.8. The Morgan fingerprint density at radius 2 is 1.47 bits per heavy atom. The van der Waals surface area contributed by atoms with Gasteiger partial charge in [-0.2, -0.15) is 0 Å². The molecule has 2 fully saturated rings. The highest BCUT2D eigenvalue weighted by Gasteiger charge is 2.43. The van der Waals surface area contributed by atoms with Gasteiger partial charge in [-0.25, -0.2) is 9.97 Å². The van der Waals surface area contributed by atoms with Crippen molar-refractivity contribution in [3.05, 3.63) is 155 Å². The molecule has 260 valence electrons. The van der Waals surface area contributed by atoms with Crippen LogP contribution in [0, 0.1) is 0 Å². The Hall–Kier alpha value is -5.26. The third kappa shape index (κ3) is 8.05. The van der Waals surface area contributed by atoms with Crippen LogP contribution in [0.15, 0.2) is 122 Å². The second-order valence-electron chi connectivity index (χ2n) is 13.0. The molecule has 4 aromatic carbocycles. The fraction of sp³-hybridized carbons (Fsp3) is 0.268. The third-order valence-corrected chi connectivity index (χ3v) is 9.56. The second kappa shape index (κ2) is 15.7. The van der Waals surface area contributed by atoms with E-state index in [9.17, 15) is 14.7 Å². The van der Waals surface area contributed by atoms with Crippen LogP contribution in [-0.2, 0) is 16.1 Å². The van der Waals surface area contributed by atoms with Crippen molar-refractivity contribution >= 4 is 23.3 Å². The SMILES string of the molecule is CC(=O)c1cccc(NC(=O)c2cccc(C3OC(CN4CCN(c5ncccn5)CC4)C(c4ccccc4)C(c4ccc(CO)cc4)O3)c2)c1. The van der Waals surface area contributed by atoms with E-state index in [0.717, 1.165) is 54.4 Å². The molecule has 3 heterocycles. The number of hydrogen-bond acceptors (Lipinski definition) is 9. The lowest BCUT2D eigenvalue weighted by atomic mass is 9.83. The number of benzene rings is 4. The lowest BCUT2D eigenvalue weighted by molar-refractivity contribution is -0.263. The van der Waals surface area contributed by atoms with Crippen molar-refractivity contribution in [2.24, 2.45) is 0 Å². The zero-order valence-electron chi connectivity index (χ0n) is 28.5. The highest BCUT2D eigenvalue weighted by molar-refractivity contribution is 6.05. The maximum Gasteiger partial charge on any atom is 0.255 e. The number of aromatic nitrogens is 2. The van der Waals surface area contributed by atoms with Crippen LogP contribution in [-0.4, -0.2) is 70.5 Å². The number of ketones is 1. The summed E-state index contributed by atoms with van der Waals surface area (Å²) in [6.45, 7) is 5.36. The molecule has 51 heavy (non-hydrogen) atoms. The van der Waals surface area contributed by atoms with Gasteiger partial charge in [-0.1, -0.05) is 78.9 Å². The number of piperazine rings is 1. The first kappa shape index (κ1) is 34.2. The molecule has 2 N–H and O–H groups in total. The summed E-state index contributed by atoms with van der Waals surface area (Å²) in [5, 5.41) is 12.7. The van der Waals surface area contributed by atoms with Crippen LogP contribution in [0.5, 0.6) is 0 Å². The molecular weight excluding hydrogens is 642 g/mol. The maximum atomic E-state index is 13.5. The Bertz CT molecular complexity index is 1930. The Morgan fingerprint density at radius 3 is 2.20 bits per heavy atom. The van der Waals surface area contributed by atoms with Gasteiger partial charge in [0.15, 0.2) is 12.1 Å². The van der Waals surface area contributed by atoms with Gasteiger partial charge in [0.05, 0.1) is 18.8 Å². The van der Waals surface area contributed by atoms with Crippen LogP contribution in [0.1, 0.15) is 68.2 Å². The largest absolute Gasteiger partial charge is 0.392 e. The number of carbonyl (C=O) groups is 2. The molecule has 10 heteroatoms. The van der Waals surface area contributed by atoms with E-state index in [1.165, 1.54) is 6.92 Å². The van der Waals surface area contributed by atoms with Gasteiger partial charge in [-0.15, -0.1) is 0 Å². The lowest BCUT2D eigenvalue weighted by Gasteiger charge is -2.45. The Balaban J connectivity index is 1.18. The molecule has 2 aliphatic heterocycles. The van der Waals surface area contributed by atoms with E-state index in [1.807, 2.05) is 60.7 Å². The molecule has 10 nitrogen and oxygen atoms in total.